The largest absolute Gasteiger partial charge is 0.495 e. The third-order valence-electron chi connectivity index (χ3n) is 5.42. The number of rotatable bonds is 5. The van der Waals surface area contributed by atoms with Gasteiger partial charge in [0.05, 0.1) is 18.7 Å². The molecule has 1 aliphatic heterocycles. The van der Waals surface area contributed by atoms with E-state index in [1.165, 1.54) is 46.3 Å². The zero-order valence-electron chi connectivity index (χ0n) is 15.4. The second-order valence-corrected chi connectivity index (χ2v) is 9.63. The number of hydrogen-bond acceptors (Lipinski definition) is 5. The maximum absolute atomic E-state index is 13.2. The first-order valence-electron chi connectivity index (χ1n) is 9.13. The van der Waals surface area contributed by atoms with Crippen molar-refractivity contribution in [2.24, 2.45) is 0 Å². The summed E-state index contributed by atoms with van der Waals surface area (Å²) in [5.74, 6) is 0.850. The van der Waals surface area contributed by atoms with E-state index in [0.29, 0.717) is 35.1 Å². The molecule has 0 N–H and O–H groups in total. The predicted octanol–water partition coefficient (Wildman–Crippen LogP) is 3.11. The summed E-state index contributed by atoms with van der Waals surface area (Å²) in [6, 6.07) is 3.80. The number of halogens is 1. The van der Waals surface area contributed by atoms with Crippen LogP contribution in [-0.2, 0) is 10.0 Å². The summed E-state index contributed by atoms with van der Waals surface area (Å²) >= 11 is 3.38. The summed E-state index contributed by atoms with van der Waals surface area (Å²) in [4.78, 5) is 2.64. The molecule has 146 valence electrons. The van der Waals surface area contributed by atoms with E-state index >= 15 is 0 Å². The second-order valence-electron chi connectivity index (χ2n) is 6.87. The van der Waals surface area contributed by atoms with Gasteiger partial charge in [0.2, 0.25) is 10.0 Å². The van der Waals surface area contributed by atoms with Crippen molar-refractivity contribution in [3.63, 3.8) is 0 Å². The van der Waals surface area contributed by atoms with Gasteiger partial charge in [-0.25, -0.2) is 8.42 Å². The minimum atomic E-state index is -3.61. The lowest BCUT2D eigenvalue weighted by Crippen LogP contribution is -2.52. The molecule has 1 heterocycles. The van der Waals surface area contributed by atoms with Crippen molar-refractivity contribution in [3.05, 3.63) is 16.6 Å². The summed E-state index contributed by atoms with van der Waals surface area (Å²) in [5.41, 5.74) is 0. The van der Waals surface area contributed by atoms with Gasteiger partial charge in [0, 0.05) is 38.3 Å². The summed E-state index contributed by atoms with van der Waals surface area (Å²) in [6.45, 7) is 2.63. The highest BCUT2D eigenvalue weighted by Gasteiger charge is 2.33. The lowest BCUT2D eigenvalue weighted by molar-refractivity contribution is 0.111. The number of nitrogens with zero attached hydrogens (tertiary/aromatic N) is 2. The second kappa shape index (κ2) is 8.46. The van der Waals surface area contributed by atoms with Crippen molar-refractivity contribution in [3.8, 4) is 11.5 Å². The molecule has 0 atom stereocenters. The van der Waals surface area contributed by atoms with Gasteiger partial charge in [0.1, 0.15) is 16.4 Å². The Kier molecular flexibility index (Phi) is 6.48. The summed E-state index contributed by atoms with van der Waals surface area (Å²) in [6.07, 6.45) is 6.40. The summed E-state index contributed by atoms with van der Waals surface area (Å²) in [7, 11) is -0.596. The molecular formula is C18H27BrN2O4S. The average molecular weight is 447 g/mol. The fourth-order valence-corrected chi connectivity index (χ4v) is 6.17. The number of benzene rings is 1. The first kappa shape index (κ1) is 19.9. The molecule has 0 spiro atoms. The molecule has 1 aromatic rings. The minimum absolute atomic E-state index is 0.179. The van der Waals surface area contributed by atoms with Gasteiger partial charge in [0.15, 0.2) is 0 Å². The van der Waals surface area contributed by atoms with Crippen LogP contribution in [-0.4, -0.2) is 64.1 Å². The predicted molar refractivity (Wildman–Crippen MR) is 104 cm³/mol. The number of ether oxygens (including phenoxy) is 2. The monoisotopic (exact) mass is 446 g/mol. The quantitative estimate of drug-likeness (QED) is 0.695. The van der Waals surface area contributed by atoms with E-state index in [1.807, 2.05) is 0 Å². The topological polar surface area (TPSA) is 59.1 Å². The summed E-state index contributed by atoms with van der Waals surface area (Å²) in [5, 5.41) is 0. The van der Waals surface area contributed by atoms with Crippen molar-refractivity contribution in [1.82, 2.24) is 9.21 Å². The van der Waals surface area contributed by atoms with Crippen molar-refractivity contribution < 1.29 is 17.9 Å². The van der Waals surface area contributed by atoms with Gasteiger partial charge in [-0.2, -0.15) is 4.31 Å². The molecular weight excluding hydrogens is 420 g/mol. The maximum Gasteiger partial charge on any atom is 0.246 e. The van der Waals surface area contributed by atoms with E-state index in [2.05, 4.69) is 20.8 Å². The first-order chi connectivity index (χ1) is 12.5. The Balaban J connectivity index is 1.76. The molecule has 6 nitrogen and oxygen atoms in total. The van der Waals surface area contributed by atoms with E-state index in [0.717, 1.165) is 13.1 Å². The molecule has 1 aromatic carbocycles. The van der Waals surface area contributed by atoms with Gasteiger partial charge in [-0.1, -0.05) is 19.3 Å². The van der Waals surface area contributed by atoms with Crippen molar-refractivity contribution >= 4 is 26.0 Å². The molecule has 2 aliphatic rings. The van der Waals surface area contributed by atoms with E-state index < -0.39 is 10.0 Å². The highest BCUT2D eigenvalue weighted by atomic mass is 79.9. The van der Waals surface area contributed by atoms with Crippen LogP contribution in [0, 0.1) is 0 Å². The summed E-state index contributed by atoms with van der Waals surface area (Å²) < 4.78 is 39.1. The normalized spacial score (nSPS) is 20.9. The van der Waals surface area contributed by atoms with Crippen LogP contribution < -0.4 is 9.47 Å². The van der Waals surface area contributed by atoms with Crippen LogP contribution in [0.3, 0.4) is 0 Å². The molecule has 0 radical (unpaired) electrons. The fraction of sp³-hybridized carbons (Fsp3) is 0.667. The fourth-order valence-electron chi connectivity index (χ4n) is 3.93. The molecule has 1 saturated carbocycles. The van der Waals surface area contributed by atoms with Crippen LogP contribution in [0.4, 0.5) is 0 Å². The molecule has 3 rings (SSSR count). The Hall–Kier alpha value is -0.830. The smallest absolute Gasteiger partial charge is 0.246 e. The van der Waals surface area contributed by atoms with Crippen molar-refractivity contribution in [2.75, 3.05) is 40.4 Å². The molecule has 8 heteroatoms. The van der Waals surface area contributed by atoms with E-state index in [1.54, 1.807) is 16.4 Å². The van der Waals surface area contributed by atoms with Gasteiger partial charge in [-0.3, -0.25) is 4.90 Å². The zero-order valence-corrected chi connectivity index (χ0v) is 17.8. The number of sulfonamides is 1. The Labute approximate surface area is 164 Å². The third kappa shape index (κ3) is 4.03. The first-order valence-corrected chi connectivity index (χ1v) is 11.4. The molecule has 0 bridgehead atoms. The Bertz CT molecular complexity index is 727. The van der Waals surface area contributed by atoms with Crippen LogP contribution >= 0.6 is 15.9 Å². The van der Waals surface area contributed by atoms with Gasteiger partial charge >= 0.3 is 0 Å². The zero-order chi connectivity index (χ0) is 18.7. The molecule has 0 aromatic heterocycles. The average Bonchev–Trinajstić information content (AvgIpc) is 2.68. The van der Waals surface area contributed by atoms with Gasteiger partial charge in [0.25, 0.3) is 0 Å². The Morgan fingerprint density at radius 1 is 0.962 bits per heavy atom. The van der Waals surface area contributed by atoms with Crippen LogP contribution in [0.15, 0.2) is 21.5 Å². The molecule has 0 unspecified atom stereocenters. The van der Waals surface area contributed by atoms with E-state index in [9.17, 15) is 8.42 Å². The van der Waals surface area contributed by atoms with Crippen LogP contribution in [0.25, 0.3) is 0 Å². The Morgan fingerprint density at radius 3 is 2.15 bits per heavy atom. The number of hydrogen-bond donors (Lipinski definition) is 0. The number of methoxy groups -OCH3 is 2. The van der Waals surface area contributed by atoms with E-state index in [4.69, 9.17) is 9.47 Å². The van der Waals surface area contributed by atoms with Crippen LogP contribution in [0.1, 0.15) is 32.1 Å². The molecule has 26 heavy (non-hydrogen) atoms. The number of piperazine rings is 1. The third-order valence-corrected chi connectivity index (χ3v) is 7.96. The van der Waals surface area contributed by atoms with Crippen molar-refractivity contribution in [1.29, 1.82) is 0 Å². The van der Waals surface area contributed by atoms with Gasteiger partial charge in [-0.15, -0.1) is 0 Å². The van der Waals surface area contributed by atoms with Crippen molar-refractivity contribution in [2.45, 2.75) is 43.0 Å². The highest BCUT2D eigenvalue weighted by Crippen LogP contribution is 2.37. The highest BCUT2D eigenvalue weighted by molar-refractivity contribution is 9.10. The lowest BCUT2D eigenvalue weighted by Gasteiger charge is -2.40. The molecule has 0 amide bonds. The molecule has 1 saturated heterocycles. The van der Waals surface area contributed by atoms with Gasteiger partial charge < -0.3 is 9.47 Å². The minimum Gasteiger partial charge on any atom is -0.495 e. The van der Waals surface area contributed by atoms with Crippen LogP contribution in [0.5, 0.6) is 11.5 Å². The SMILES string of the molecule is COc1cc(OC)c(S(=O)(=O)N2CCN(C3CCCCC3)CC2)cc1Br. The Morgan fingerprint density at radius 2 is 1.58 bits per heavy atom. The molecule has 2 fully saturated rings. The standard InChI is InChI=1S/C18H27BrN2O4S/c1-24-16-13-17(25-2)18(12-15(16)19)26(22,23)21-10-8-20(9-11-21)14-6-4-3-5-7-14/h12-14H,3-11H2,1-2H3. The lowest BCUT2D eigenvalue weighted by atomic mass is 9.94. The van der Waals surface area contributed by atoms with Crippen LogP contribution in [0.2, 0.25) is 0 Å². The molecule has 1 aliphatic carbocycles. The van der Waals surface area contributed by atoms with E-state index in [-0.39, 0.29) is 4.90 Å². The van der Waals surface area contributed by atoms with Gasteiger partial charge in [-0.05, 0) is 34.8 Å². The maximum atomic E-state index is 13.2.